The number of ether oxygens (including phenoxy) is 1. The van der Waals surface area contributed by atoms with Crippen LogP contribution < -0.4 is 4.90 Å². The van der Waals surface area contributed by atoms with Crippen LogP contribution in [0.25, 0.3) is 28.2 Å². The molecule has 2 N–H and O–H groups in total. The lowest BCUT2D eigenvalue weighted by molar-refractivity contribution is 0.122. The van der Waals surface area contributed by atoms with E-state index in [1.165, 1.54) is 12.1 Å². The van der Waals surface area contributed by atoms with Gasteiger partial charge in [0, 0.05) is 36.7 Å². The molecule has 0 unspecified atom stereocenters. The molecule has 0 amide bonds. The van der Waals surface area contributed by atoms with E-state index < -0.39 is 0 Å². The Labute approximate surface area is 177 Å². The van der Waals surface area contributed by atoms with E-state index >= 15 is 0 Å². The average molecular weight is 423 g/mol. The first kappa shape index (κ1) is 18.7. The predicted octanol–water partition coefficient (Wildman–Crippen LogP) is 3.99. The van der Waals surface area contributed by atoms with Crippen molar-refractivity contribution in [2.45, 2.75) is 0 Å². The molecule has 0 aliphatic carbocycles. The smallest absolute Gasteiger partial charge is 0.178 e. The second-order valence-electron chi connectivity index (χ2n) is 7.05. The van der Waals surface area contributed by atoms with Gasteiger partial charge >= 0.3 is 0 Å². The number of aromatic nitrogens is 3. The molecule has 2 aromatic carbocycles. The molecule has 1 saturated heterocycles. The Morgan fingerprint density at radius 3 is 2.43 bits per heavy atom. The molecule has 1 fully saturated rings. The molecule has 152 valence electrons. The third-order valence-electron chi connectivity index (χ3n) is 5.22. The quantitative estimate of drug-likeness (QED) is 0.519. The summed E-state index contributed by atoms with van der Waals surface area (Å²) >= 11 is 6.11. The van der Waals surface area contributed by atoms with Crippen molar-refractivity contribution in [3.63, 3.8) is 0 Å². The van der Waals surface area contributed by atoms with Crippen molar-refractivity contribution in [1.29, 1.82) is 0 Å². The van der Waals surface area contributed by atoms with Crippen LogP contribution in [0.2, 0.25) is 5.02 Å². The number of fused-ring (bicyclic) bond motifs is 1. The Balaban J connectivity index is 1.65. The summed E-state index contributed by atoms with van der Waals surface area (Å²) in [5.41, 5.74) is 3.76. The minimum Gasteiger partial charge on any atom is -0.507 e. The number of pyridine rings is 1. The van der Waals surface area contributed by atoms with Gasteiger partial charge in [-0.1, -0.05) is 11.6 Å². The number of halogens is 1. The van der Waals surface area contributed by atoms with Gasteiger partial charge in [0.25, 0.3) is 0 Å². The van der Waals surface area contributed by atoms with Gasteiger partial charge in [0.15, 0.2) is 11.5 Å². The fraction of sp³-hybridized carbons (Fsp3) is 0.182. The molecule has 0 radical (unpaired) electrons. The molecular formula is C22H19ClN4O3. The van der Waals surface area contributed by atoms with Crippen molar-refractivity contribution in [2.24, 2.45) is 0 Å². The lowest BCUT2D eigenvalue weighted by Crippen LogP contribution is -2.36. The second-order valence-corrected chi connectivity index (χ2v) is 7.46. The third-order valence-corrected chi connectivity index (χ3v) is 5.52. The number of phenolic OH excluding ortho intramolecular Hbond substituents is 2. The Kier molecular flexibility index (Phi) is 4.69. The maximum Gasteiger partial charge on any atom is 0.178 e. The van der Waals surface area contributed by atoms with Crippen LogP contribution >= 0.6 is 11.6 Å². The van der Waals surface area contributed by atoms with Gasteiger partial charge in [-0.3, -0.25) is 4.57 Å². The summed E-state index contributed by atoms with van der Waals surface area (Å²) in [4.78, 5) is 11.3. The van der Waals surface area contributed by atoms with Crippen molar-refractivity contribution in [2.75, 3.05) is 31.2 Å². The summed E-state index contributed by atoms with van der Waals surface area (Å²) in [6.45, 7) is 3.18. The molecular weight excluding hydrogens is 404 g/mol. The summed E-state index contributed by atoms with van der Waals surface area (Å²) in [6.07, 6.45) is 1.68. The van der Waals surface area contributed by atoms with Gasteiger partial charge in [0.1, 0.15) is 11.5 Å². The molecule has 3 heterocycles. The molecule has 8 heteroatoms. The fourth-order valence-corrected chi connectivity index (χ4v) is 3.88. The van der Waals surface area contributed by atoms with Crippen LogP contribution in [0.5, 0.6) is 11.5 Å². The van der Waals surface area contributed by atoms with E-state index in [1.807, 2.05) is 28.8 Å². The molecule has 2 aromatic heterocycles. The van der Waals surface area contributed by atoms with Crippen LogP contribution in [0.4, 0.5) is 5.69 Å². The van der Waals surface area contributed by atoms with E-state index in [0.717, 1.165) is 43.2 Å². The summed E-state index contributed by atoms with van der Waals surface area (Å²) in [5, 5.41) is 20.4. The molecule has 5 rings (SSSR count). The summed E-state index contributed by atoms with van der Waals surface area (Å²) in [7, 11) is 0. The predicted molar refractivity (Wildman–Crippen MR) is 116 cm³/mol. The average Bonchev–Trinajstić information content (AvgIpc) is 3.16. The van der Waals surface area contributed by atoms with E-state index in [-0.39, 0.29) is 16.5 Å². The zero-order valence-corrected chi connectivity index (χ0v) is 16.8. The molecule has 0 saturated carbocycles. The molecule has 0 atom stereocenters. The van der Waals surface area contributed by atoms with E-state index in [9.17, 15) is 10.2 Å². The Bertz CT molecular complexity index is 1220. The van der Waals surface area contributed by atoms with Crippen molar-refractivity contribution in [1.82, 2.24) is 14.5 Å². The minimum atomic E-state index is -0.187. The van der Waals surface area contributed by atoms with Gasteiger partial charge in [-0.25, -0.2) is 9.97 Å². The van der Waals surface area contributed by atoms with Crippen LogP contribution in [0.1, 0.15) is 0 Å². The van der Waals surface area contributed by atoms with Gasteiger partial charge in [-0.15, -0.1) is 0 Å². The molecule has 1 aliphatic heterocycles. The van der Waals surface area contributed by atoms with Crippen molar-refractivity contribution in [3.05, 3.63) is 59.8 Å². The van der Waals surface area contributed by atoms with E-state index in [1.54, 1.807) is 6.20 Å². The zero-order valence-electron chi connectivity index (χ0n) is 16.0. The number of benzene rings is 2. The van der Waals surface area contributed by atoms with Crippen LogP contribution in [-0.4, -0.2) is 51.1 Å². The monoisotopic (exact) mass is 422 g/mol. The van der Waals surface area contributed by atoms with E-state index in [2.05, 4.69) is 27.0 Å². The zero-order chi connectivity index (χ0) is 20.7. The van der Waals surface area contributed by atoms with Crippen LogP contribution in [0.3, 0.4) is 0 Å². The normalized spacial score (nSPS) is 14.4. The minimum absolute atomic E-state index is 0.113. The van der Waals surface area contributed by atoms with Crippen molar-refractivity contribution in [3.8, 4) is 28.6 Å². The van der Waals surface area contributed by atoms with Crippen molar-refractivity contribution >= 4 is 28.5 Å². The number of imidazole rings is 1. The molecule has 7 nitrogen and oxygen atoms in total. The maximum atomic E-state index is 10.5. The SMILES string of the molecule is Oc1cc(O)c(-c2nc3ncccc3n2-c2ccc(N3CCOCC3)cc2)cc1Cl. The highest BCUT2D eigenvalue weighted by molar-refractivity contribution is 6.32. The van der Waals surface area contributed by atoms with E-state index in [4.69, 9.17) is 16.3 Å². The molecule has 0 spiro atoms. The highest BCUT2D eigenvalue weighted by atomic mass is 35.5. The Hall–Kier alpha value is -3.29. The lowest BCUT2D eigenvalue weighted by Gasteiger charge is -2.29. The molecule has 30 heavy (non-hydrogen) atoms. The first-order chi connectivity index (χ1) is 14.6. The largest absolute Gasteiger partial charge is 0.507 e. The number of hydrogen-bond donors (Lipinski definition) is 2. The number of aromatic hydroxyl groups is 2. The van der Waals surface area contributed by atoms with Gasteiger partial charge in [0.05, 0.1) is 29.3 Å². The second kappa shape index (κ2) is 7.51. The highest BCUT2D eigenvalue weighted by Crippen LogP contribution is 2.39. The maximum absolute atomic E-state index is 10.5. The molecule has 1 aliphatic rings. The number of anilines is 1. The van der Waals surface area contributed by atoms with Gasteiger partial charge in [-0.2, -0.15) is 0 Å². The van der Waals surface area contributed by atoms with Crippen LogP contribution in [-0.2, 0) is 4.74 Å². The number of nitrogens with zero attached hydrogens (tertiary/aromatic N) is 4. The molecule has 0 bridgehead atoms. The van der Waals surface area contributed by atoms with Crippen LogP contribution in [0.15, 0.2) is 54.7 Å². The topological polar surface area (TPSA) is 83.6 Å². The van der Waals surface area contributed by atoms with Crippen molar-refractivity contribution < 1.29 is 14.9 Å². The first-order valence-electron chi connectivity index (χ1n) is 9.60. The lowest BCUT2D eigenvalue weighted by atomic mass is 10.1. The number of phenols is 2. The summed E-state index contributed by atoms with van der Waals surface area (Å²) in [6, 6.07) is 14.7. The third kappa shape index (κ3) is 3.22. The van der Waals surface area contributed by atoms with Crippen LogP contribution in [0, 0.1) is 0 Å². The summed E-state index contributed by atoms with van der Waals surface area (Å²) in [5.74, 6) is 0.189. The van der Waals surface area contributed by atoms with Gasteiger partial charge in [-0.05, 0) is 42.5 Å². The fourth-order valence-electron chi connectivity index (χ4n) is 3.72. The summed E-state index contributed by atoms with van der Waals surface area (Å²) < 4.78 is 7.36. The number of morpholine rings is 1. The standard InChI is InChI=1S/C22H19ClN4O3/c23-17-12-16(19(28)13-20(17)29)22-25-21-18(2-1-7-24-21)27(22)15-5-3-14(4-6-15)26-8-10-30-11-9-26/h1-7,12-13,28-29H,8-11H2. The van der Waals surface area contributed by atoms with E-state index in [0.29, 0.717) is 17.0 Å². The number of rotatable bonds is 3. The Morgan fingerprint density at radius 1 is 0.933 bits per heavy atom. The van der Waals surface area contributed by atoms with Gasteiger partial charge in [0.2, 0.25) is 0 Å². The molecule has 4 aromatic rings. The number of hydrogen-bond acceptors (Lipinski definition) is 6. The Morgan fingerprint density at radius 2 is 1.67 bits per heavy atom. The highest BCUT2D eigenvalue weighted by Gasteiger charge is 2.20. The van der Waals surface area contributed by atoms with Gasteiger partial charge < -0.3 is 19.8 Å². The first-order valence-corrected chi connectivity index (χ1v) is 9.98.